The minimum absolute atomic E-state index is 0.307. The molecule has 1 aromatic carbocycles. The third-order valence-electron chi connectivity index (χ3n) is 3.32. The van der Waals surface area contributed by atoms with E-state index < -0.39 is 0 Å². The molecule has 2 rings (SSSR count). The molecule has 1 heterocycles. The minimum Gasteiger partial charge on any atom is -0.458 e. The van der Waals surface area contributed by atoms with Gasteiger partial charge in [-0.25, -0.2) is 13.9 Å². The van der Waals surface area contributed by atoms with Crippen molar-refractivity contribution in [2.24, 2.45) is 7.05 Å². The third kappa shape index (κ3) is 5.00. The highest BCUT2D eigenvalue weighted by Gasteiger charge is 2.10. The first-order valence-corrected chi connectivity index (χ1v) is 7.40. The van der Waals surface area contributed by atoms with E-state index in [0.29, 0.717) is 37.6 Å². The first-order chi connectivity index (χ1) is 11.1. The Balaban J connectivity index is 1.85. The molecule has 0 aliphatic carbocycles. The van der Waals surface area contributed by atoms with E-state index >= 15 is 0 Å². The molecule has 23 heavy (non-hydrogen) atoms. The van der Waals surface area contributed by atoms with Crippen molar-refractivity contribution in [3.63, 3.8) is 0 Å². The fourth-order valence-corrected chi connectivity index (χ4v) is 2.10. The molecule has 0 bridgehead atoms. The molecule has 0 spiro atoms. The van der Waals surface area contributed by atoms with Gasteiger partial charge in [-0.05, 0) is 18.2 Å². The summed E-state index contributed by atoms with van der Waals surface area (Å²) in [7, 11) is 3.57. The molecule has 0 saturated heterocycles. The molecule has 0 amide bonds. The number of hydrogen-bond donors (Lipinski definition) is 2. The molecule has 0 unspecified atom stereocenters. The molecule has 0 radical (unpaired) electrons. The summed E-state index contributed by atoms with van der Waals surface area (Å²) in [6.45, 7) is 2.15. The maximum Gasteiger partial charge on any atom is 0.338 e. The van der Waals surface area contributed by atoms with Gasteiger partial charge in [-0.2, -0.15) is 0 Å². The number of carbonyl (C=O) groups is 1. The van der Waals surface area contributed by atoms with Crippen LogP contribution in [0.3, 0.4) is 0 Å². The fraction of sp³-hybridized carbons (Fsp3) is 0.375. The number of hydrogen-bond acceptors (Lipinski definition) is 5. The van der Waals surface area contributed by atoms with Crippen LogP contribution in [-0.4, -0.2) is 37.4 Å². The number of nitrogen functional groups attached to an aromatic ring is 1. The predicted octanol–water partition coefficient (Wildman–Crippen LogP) is 0.810. The average molecular weight is 319 g/mol. The van der Waals surface area contributed by atoms with Gasteiger partial charge in [0.1, 0.15) is 25.5 Å². The quantitative estimate of drug-likeness (QED) is 0.326. The number of nitrogens with two attached hydrogens (primary N) is 1. The van der Waals surface area contributed by atoms with Crippen LogP contribution in [-0.2, 0) is 23.1 Å². The molecule has 124 valence electrons. The Labute approximate surface area is 135 Å². The van der Waals surface area contributed by atoms with E-state index in [9.17, 15) is 4.79 Å². The maximum absolute atomic E-state index is 12.0. The van der Waals surface area contributed by atoms with Gasteiger partial charge >= 0.3 is 5.97 Å². The van der Waals surface area contributed by atoms with E-state index in [1.54, 1.807) is 25.3 Å². The molecule has 1 aromatic heterocycles. The number of esters is 1. The molecule has 0 saturated carbocycles. The van der Waals surface area contributed by atoms with Crippen LogP contribution in [0.1, 0.15) is 10.4 Å². The van der Waals surface area contributed by atoms with Crippen LogP contribution in [0.25, 0.3) is 0 Å². The number of benzene rings is 1. The molecule has 0 fully saturated rings. The van der Waals surface area contributed by atoms with Gasteiger partial charge in [0.2, 0.25) is 6.33 Å². The lowest BCUT2D eigenvalue weighted by molar-refractivity contribution is -0.671. The Bertz CT molecular complexity index is 655. The van der Waals surface area contributed by atoms with Crippen molar-refractivity contribution in [3.8, 4) is 0 Å². The molecular weight excluding hydrogens is 296 g/mol. The average Bonchev–Trinajstić information content (AvgIpc) is 2.94. The Kier molecular flexibility index (Phi) is 5.99. The number of carbonyl (C=O) groups excluding carboxylic acids is 1. The van der Waals surface area contributed by atoms with Crippen LogP contribution < -0.4 is 15.6 Å². The monoisotopic (exact) mass is 319 g/mol. The molecule has 0 atom stereocenters. The number of nitrogens with zero attached hydrogens (tertiary/aromatic N) is 2. The van der Waals surface area contributed by atoms with Crippen LogP contribution in [0.4, 0.5) is 11.4 Å². The number of methoxy groups -OCH3 is 1. The van der Waals surface area contributed by atoms with E-state index in [2.05, 4.69) is 5.32 Å². The molecule has 3 N–H and O–H groups in total. The normalized spacial score (nSPS) is 10.5. The smallest absolute Gasteiger partial charge is 0.338 e. The van der Waals surface area contributed by atoms with E-state index in [1.807, 2.05) is 34.9 Å². The maximum atomic E-state index is 12.0. The highest BCUT2D eigenvalue weighted by atomic mass is 16.5. The molecular formula is C16H23N4O3+. The van der Waals surface area contributed by atoms with Gasteiger partial charge in [0.05, 0.1) is 30.6 Å². The minimum atomic E-state index is -0.378. The number of rotatable bonds is 8. The highest BCUT2D eigenvalue weighted by molar-refractivity contribution is 5.91. The largest absolute Gasteiger partial charge is 0.458 e. The van der Waals surface area contributed by atoms with Gasteiger partial charge in [-0.15, -0.1) is 0 Å². The first-order valence-electron chi connectivity index (χ1n) is 7.40. The van der Waals surface area contributed by atoms with Crippen LogP contribution in [0.5, 0.6) is 0 Å². The summed E-state index contributed by atoms with van der Waals surface area (Å²) in [6.07, 6.45) is 5.77. The lowest BCUT2D eigenvalue weighted by Gasteiger charge is -2.10. The Morgan fingerprint density at radius 1 is 1.39 bits per heavy atom. The number of aromatic nitrogens is 2. The number of ether oxygens (including phenoxy) is 2. The number of aryl methyl sites for hydroxylation is 1. The lowest BCUT2D eigenvalue weighted by Crippen LogP contribution is -2.24. The predicted molar refractivity (Wildman–Crippen MR) is 87.1 cm³/mol. The number of nitrogens with one attached hydrogen (secondary N) is 1. The Morgan fingerprint density at radius 3 is 2.87 bits per heavy atom. The SMILES string of the molecule is COCCNc1ccc(C(=O)OCCn2cc[n+](C)c2)cc1N. The van der Waals surface area contributed by atoms with Crippen LogP contribution in [0, 0.1) is 0 Å². The molecule has 0 aliphatic heterocycles. The highest BCUT2D eigenvalue weighted by Crippen LogP contribution is 2.20. The molecule has 2 aromatic rings. The van der Waals surface area contributed by atoms with E-state index in [1.165, 1.54) is 0 Å². The van der Waals surface area contributed by atoms with E-state index in [0.717, 1.165) is 5.69 Å². The van der Waals surface area contributed by atoms with Crippen molar-refractivity contribution >= 4 is 17.3 Å². The third-order valence-corrected chi connectivity index (χ3v) is 3.32. The topological polar surface area (TPSA) is 82.4 Å². The molecule has 0 aliphatic rings. The van der Waals surface area contributed by atoms with Crippen molar-refractivity contribution in [1.29, 1.82) is 0 Å². The summed E-state index contributed by atoms with van der Waals surface area (Å²) >= 11 is 0. The zero-order chi connectivity index (χ0) is 16.7. The van der Waals surface area contributed by atoms with Gasteiger partial charge in [0.15, 0.2) is 0 Å². The Morgan fingerprint density at radius 2 is 2.22 bits per heavy atom. The van der Waals surface area contributed by atoms with Crippen molar-refractivity contribution in [1.82, 2.24) is 4.57 Å². The van der Waals surface area contributed by atoms with Gasteiger partial charge in [0.25, 0.3) is 0 Å². The van der Waals surface area contributed by atoms with Crippen molar-refractivity contribution in [2.75, 3.05) is 37.9 Å². The fourth-order valence-electron chi connectivity index (χ4n) is 2.10. The number of anilines is 2. The molecule has 7 heteroatoms. The number of imidazole rings is 1. The summed E-state index contributed by atoms with van der Waals surface area (Å²) in [5, 5.41) is 3.14. The summed E-state index contributed by atoms with van der Waals surface area (Å²) in [5.41, 5.74) is 7.67. The van der Waals surface area contributed by atoms with E-state index in [-0.39, 0.29) is 5.97 Å². The Hall–Kier alpha value is -2.54. The van der Waals surface area contributed by atoms with Crippen LogP contribution >= 0.6 is 0 Å². The van der Waals surface area contributed by atoms with Crippen molar-refractivity contribution in [3.05, 3.63) is 42.5 Å². The van der Waals surface area contributed by atoms with E-state index in [4.69, 9.17) is 15.2 Å². The van der Waals surface area contributed by atoms with Gasteiger partial charge in [-0.1, -0.05) is 0 Å². The molecule has 7 nitrogen and oxygen atoms in total. The summed E-state index contributed by atoms with van der Waals surface area (Å²) in [5.74, 6) is -0.378. The summed E-state index contributed by atoms with van der Waals surface area (Å²) in [4.78, 5) is 12.0. The van der Waals surface area contributed by atoms with Crippen LogP contribution in [0.15, 0.2) is 36.9 Å². The second kappa shape index (κ2) is 8.19. The summed E-state index contributed by atoms with van der Waals surface area (Å²) in [6, 6.07) is 5.09. The zero-order valence-corrected chi connectivity index (χ0v) is 13.5. The van der Waals surface area contributed by atoms with Crippen molar-refractivity contribution in [2.45, 2.75) is 6.54 Å². The van der Waals surface area contributed by atoms with Crippen LogP contribution in [0.2, 0.25) is 0 Å². The van der Waals surface area contributed by atoms with Gasteiger partial charge < -0.3 is 20.5 Å². The van der Waals surface area contributed by atoms with Gasteiger partial charge in [-0.3, -0.25) is 0 Å². The lowest BCUT2D eigenvalue weighted by atomic mass is 10.1. The second-order valence-electron chi connectivity index (χ2n) is 5.17. The first kappa shape index (κ1) is 16.8. The second-order valence-corrected chi connectivity index (χ2v) is 5.17. The summed E-state index contributed by atoms with van der Waals surface area (Å²) < 4.78 is 14.1. The standard InChI is InChI=1S/C16H22N4O3/c1-19-6-7-20(12-19)8-10-23-16(21)13-3-4-15(14(17)11-13)18-5-9-22-2/h3-4,6-7,11-12H,5,8-10,17H2,1-2H3/p+1. The van der Waals surface area contributed by atoms with Crippen molar-refractivity contribution < 1.29 is 18.8 Å². The zero-order valence-electron chi connectivity index (χ0n) is 13.5. The van der Waals surface area contributed by atoms with Gasteiger partial charge in [0, 0.05) is 13.7 Å².